The van der Waals surface area contributed by atoms with Crippen LogP contribution in [0.1, 0.15) is 28.9 Å². The number of para-hydroxylation sites is 1. The number of anilines is 1. The van der Waals surface area contributed by atoms with Crippen LogP contribution in [0.2, 0.25) is 0 Å². The summed E-state index contributed by atoms with van der Waals surface area (Å²) >= 11 is 0. The zero-order chi connectivity index (χ0) is 14.5. The lowest BCUT2D eigenvalue weighted by atomic mass is 10.1. The molecule has 0 aliphatic carbocycles. The number of carboxylic acids is 1. The monoisotopic (exact) mass is 269 g/mol. The Bertz CT molecular complexity index is 610. The zero-order valence-corrected chi connectivity index (χ0v) is 11.1. The quantitative estimate of drug-likeness (QED) is 0.848. The van der Waals surface area contributed by atoms with E-state index in [0.29, 0.717) is 12.1 Å². The van der Waals surface area contributed by atoms with Gasteiger partial charge in [-0.05, 0) is 24.6 Å². The van der Waals surface area contributed by atoms with E-state index in [1.54, 1.807) is 18.2 Å². The van der Waals surface area contributed by atoms with Gasteiger partial charge >= 0.3 is 5.97 Å². The summed E-state index contributed by atoms with van der Waals surface area (Å²) in [7, 11) is 0. The van der Waals surface area contributed by atoms with Gasteiger partial charge in [0.25, 0.3) is 0 Å². The first-order valence-electron chi connectivity index (χ1n) is 6.26. The summed E-state index contributed by atoms with van der Waals surface area (Å²) in [5.41, 5.74) is 1.45. The van der Waals surface area contributed by atoms with Crippen molar-refractivity contribution in [2.45, 2.75) is 13.0 Å². The molecule has 1 unspecified atom stereocenters. The number of carboxylic acid groups (broad SMARTS) is 1. The van der Waals surface area contributed by atoms with Gasteiger partial charge in [-0.25, -0.2) is 4.79 Å². The van der Waals surface area contributed by atoms with Crippen molar-refractivity contribution in [1.29, 1.82) is 0 Å². The summed E-state index contributed by atoms with van der Waals surface area (Å²) in [5.74, 6) is -1.05. The van der Waals surface area contributed by atoms with Crippen molar-refractivity contribution in [2.24, 2.45) is 0 Å². The standard InChI is InChI=1S/C16H15NO3/c1-12(13-7-3-2-4-8-13)17(11-18)15-10-6-5-9-14(15)16(19)20/h2-12H,1H3,(H,19,20). The van der Waals surface area contributed by atoms with Gasteiger partial charge in [0.2, 0.25) is 6.41 Å². The van der Waals surface area contributed by atoms with Crippen LogP contribution in [-0.4, -0.2) is 17.5 Å². The molecule has 0 spiro atoms. The smallest absolute Gasteiger partial charge is 0.337 e. The van der Waals surface area contributed by atoms with Gasteiger partial charge in [0.05, 0.1) is 17.3 Å². The van der Waals surface area contributed by atoms with Crippen molar-refractivity contribution >= 4 is 18.1 Å². The number of aromatic carboxylic acids is 1. The predicted molar refractivity (Wildman–Crippen MR) is 76.8 cm³/mol. The van der Waals surface area contributed by atoms with Crippen molar-refractivity contribution in [1.82, 2.24) is 0 Å². The van der Waals surface area contributed by atoms with Crippen molar-refractivity contribution < 1.29 is 14.7 Å². The number of carbonyl (C=O) groups is 2. The molecule has 0 aromatic heterocycles. The molecule has 4 nitrogen and oxygen atoms in total. The minimum atomic E-state index is -1.05. The SMILES string of the molecule is CC(c1ccccc1)N(C=O)c1ccccc1C(=O)O. The molecule has 0 aliphatic rings. The van der Waals surface area contributed by atoms with Crippen LogP contribution < -0.4 is 4.90 Å². The molecule has 0 heterocycles. The molecular formula is C16H15NO3. The van der Waals surface area contributed by atoms with Crippen LogP contribution in [0.5, 0.6) is 0 Å². The highest BCUT2D eigenvalue weighted by Crippen LogP contribution is 2.28. The zero-order valence-electron chi connectivity index (χ0n) is 11.1. The van der Waals surface area contributed by atoms with E-state index in [0.717, 1.165) is 5.56 Å². The molecule has 1 atom stereocenters. The third-order valence-corrected chi connectivity index (χ3v) is 3.23. The molecule has 0 aliphatic heterocycles. The lowest BCUT2D eigenvalue weighted by Crippen LogP contribution is -2.26. The molecule has 2 aromatic rings. The summed E-state index contributed by atoms with van der Waals surface area (Å²) in [6, 6.07) is 15.7. The van der Waals surface area contributed by atoms with Gasteiger partial charge in [-0.15, -0.1) is 0 Å². The van der Waals surface area contributed by atoms with E-state index in [4.69, 9.17) is 0 Å². The van der Waals surface area contributed by atoms with Crippen molar-refractivity contribution in [2.75, 3.05) is 4.90 Å². The maximum atomic E-state index is 11.4. The molecule has 0 saturated heterocycles. The Morgan fingerprint density at radius 1 is 1.10 bits per heavy atom. The number of hydrogen-bond donors (Lipinski definition) is 1. The van der Waals surface area contributed by atoms with E-state index in [9.17, 15) is 14.7 Å². The second-order valence-corrected chi connectivity index (χ2v) is 4.42. The van der Waals surface area contributed by atoms with Crippen molar-refractivity contribution in [3.63, 3.8) is 0 Å². The molecule has 0 saturated carbocycles. The highest BCUT2D eigenvalue weighted by Gasteiger charge is 2.20. The minimum Gasteiger partial charge on any atom is -0.478 e. The summed E-state index contributed by atoms with van der Waals surface area (Å²) < 4.78 is 0. The fourth-order valence-corrected chi connectivity index (χ4v) is 2.13. The molecule has 0 bridgehead atoms. The van der Waals surface area contributed by atoms with E-state index >= 15 is 0 Å². The molecule has 1 N–H and O–H groups in total. The fraction of sp³-hybridized carbons (Fsp3) is 0.125. The third-order valence-electron chi connectivity index (χ3n) is 3.23. The van der Waals surface area contributed by atoms with Crippen LogP contribution >= 0.6 is 0 Å². The maximum absolute atomic E-state index is 11.4. The molecule has 2 aromatic carbocycles. The van der Waals surface area contributed by atoms with E-state index in [1.165, 1.54) is 11.0 Å². The van der Waals surface area contributed by atoms with Gasteiger partial charge < -0.3 is 10.0 Å². The third kappa shape index (κ3) is 2.69. The Labute approximate surface area is 117 Å². The molecular weight excluding hydrogens is 254 g/mol. The van der Waals surface area contributed by atoms with Gasteiger partial charge in [-0.2, -0.15) is 0 Å². The second-order valence-electron chi connectivity index (χ2n) is 4.42. The second kappa shape index (κ2) is 6.02. The lowest BCUT2D eigenvalue weighted by Gasteiger charge is -2.26. The van der Waals surface area contributed by atoms with E-state index < -0.39 is 5.97 Å². The molecule has 0 radical (unpaired) electrons. The van der Waals surface area contributed by atoms with Gasteiger partial charge in [-0.3, -0.25) is 4.79 Å². The van der Waals surface area contributed by atoms with Crippen LogP contribution in [-0.2, 0) is 4.79 Å². The Kier molecular flexibility index (Phi) is 4.15. The molecule has 0 fully saturated rings. The van der Waals surface area contributed by atoms with Crippen LogP contribution in [0.25, 0.3) is 0 Å². The first-order valence-corrected chi connectivity index (χ1v) is 6.26. The first-order chi connectivity index (χ1) is 9.65. The van der Waals surface area contributed by atoms with Gasteiger partial charge in [0.15, 0.2) is 0 Å². The highest BCUT2D eigenvalue weighted by molar-refractivity contribution is 5.97. The Hall–Kier alpha value is -2.62. The Morgan fingerprint density at radius 3 is 2.30 bits per heavy atom. The largest absolute Gasteiger partial charge is 0.478 e. The summed E-state index contributed by atoms with van der Waals surface area (Å²) in [6.07, 6.45) is 0.666. The number of rotatable bonds is 5. The minimum absolute atomic E-state index is 0.113. The van der Waals surface area contributed by atoms with Gasteiger partial charge in [0.1, 0.15) is 0 Å². The Balaban J connectivity index is 2.43. The molecule has 2 rings (SSSR count). The fourth-order valence-electron chi connectivity index (χ4n) is 2.13. The number of hydrogen-bond acceptors (Lipinski definition) is 2. The summed E-state index contributed by atoms with van der Waals surface area (Å²) in [6.45, 7) is 1.86. The average molecular weight is 269 g/mol. The topological polar surface area (TPSA) is 57.6 Å². The van der Waals surface area contributed by atoms with Crippen LogP contribution in [0.4, 0.5) is 5.69 Å². The number of amides is 1. The highest BCUT2D eigenvalue weighted by atomic mass is 16.4. The van der Waals surface area contributed by atoms with Crippen molar-refractivity contribution in [3.05, 3.63) is 65.7 Å². The number of nitrogens with zero attached hydrogens (tertiary/aromatic N) is 1. The van der Waals surface area contributed by atoms with Crippen LogP contribution in [0.3, 0.4) is 0 Å². The predicted octanol–water partition coefficient (Wildman–Crippen LogP) is 3.11. The van der Waals surface area contributed by atoms with E-state index in [2.05, 4.69) is 0 Å². The molecule has 1 amide bonds. The summed E-state index contributed by atoms with van der Waals surface area (Å²) in [5, 5.41) is 9.22. The van der Waals surface area contributed by atoms with E-state index in [-0.39, 0.29) is 11.6 Å². The average Bonchev–Trinajstić information content (AvgIpc) is 2.49. The number of benzene rings is 2. The van der Waals surface area contributed by atoms with Crippen LogP contribution in [0.15, 0.2) is 54.6 Å². The maximum Gasteiger partial charge on any atom is 0.337 e. The van der Waals surface area contributed by atoms with Crippen molar-refractivity contribution in [3.8, 4) is 0 Å². The van der Waals surface area contributed by atoms with Gasteiger partial charge in [-0.1, -0.05) is 42.5 Å². The van der Waals surface area contributed by atoms with Gasteiger partial charge in [0, 0.05) is 0 Å². The molecule has 4 heteroatoms. The van der Waals surface area contributed by atoms with Crippen LogP contribution in [0, 0.1) is 0 Å². The van der Waals surface area contributed by atoms with E-state index in [1.807, 2.05) is 37.3 Å². The lowest BCUT2D eigenvalue weighted by molar-refractivity contribution is -0.107. The molecule has 102 valence electrons. The number of carbonyl (C=O) groups excluding carboxylic acids is 1. The molecule has 20 heavy (non-hydrogen) atoms. The Morgan fingerprint density at radius 2 is 1.70 bits per heavy atom. The first kappa shape index (κ1) is 13.8. The summed E-state index contributed by atoms with van der Waals surface area (Å²) in [4.78, 5) is 24.1. The normalized spacial score (nSPS) is 11.7.